The smallest absolute Gasteiger partial charge is 0.349 e. The fourth-order valence-electron chi connectivity index (χ4n) is 2.18. The Bertz CT molecular complexity index is 430. The number of rotatable bonds is 1. The lowest BCUT2D eigenvalue weighted by Gasteiger charge is -2.32. The molecule has 1 fully saturated rings. The van der Waals surface area contributed by atoms with Crippen LogP contribution < -0.4 is 10.6 Å². The van der Waals surface area contributed by atoms with Crippen LogP contribution in [0.25, 0.3) is 0 Å². The molecule has 0 bridgehead atoms. The van der Waals surface area contributed by atoms with Crippen LogP contribution in [0.2, 0.25) is 0 Å². The molecular weight excluding hydrogens is 202 g/mol. The fourth-order valence-corrected chi connectivity index (χ4v) is 2.18. The first kappa shape index (κ1) is 11.2. The molecule has 16 heavy (non-hydrogen) atoms. The number of hydrogen-bond acceptors (Lipinski definition) is 3. The summed E-state index contributed by atoms with van der Waals surface area (Å²) in [4.78, 5) is 17.8. The lowest BCUT2D eigenvalue weighted by Crippen LogP contribution is -2.37. The molecule has 1 aliphatic rings. The monoisotopic (exact) mass is 221 g/mol. The number of piperidine rings is 1. The second-order valence-electron chi connectivity index (χ2n) is 4.77. The first-order valence-corrected chi connectivity index (χ1v) is 5.87. The number of aromatic nitrogens is 2. The molecule has 88 valence electrons. The lowest BCUT2D eigenvalue weighted by atomic mass is 9.99. The fraction of sp³-hybridized carbons (Fsp3) is 0.667. The van der Waals surface area contributed by atoms with Crippen LogP contribution >= 0.6 is 0 Å². The molecule has 0 amide bonds. The summed E-state index contributed by atoms with van der Waals surface area (Å²) in [7, 11) is 1.79. The molecule has 0 atom stereocenters. The second-order valence-corrected chi connectivity index (χ2v) is 4.77. The highest BCUT2D eigenvalue weighted by molar-refractivity contribution is 5.40. The molecule has 0 aliphatic carbocycles. The summed E-state index contributed by atoms with van der Waals surface area (Å²) in [6, 6.07) is 2.00. The highest BCUT2D eigenvalue weighted by Gasteiger charge is 2.18. The molecule has 0 aromatic carbocycles. The summed E-state index contributed by atoms with van der Waals surface area (Å²) >= 11 is 0. The summed E-state index contributed by atoms with van der Waals surface area (Å²) < 4.78 is 1.64. The maximum atomic E-state index is 11.6. The van der Waals surface area contributed by atoms with Gasteiger partial charge in [-0.1, -0.05) is 6.92 Å². The summed E-state index contributed by atoms with van der Waals surface area (Å²) in [5.41, 5.74) is 0.644. The van der Waals surface area contributed by atoms with Gasteiger partial charge in [0.2, 0.25) is 0 Å². The Kier molecular flexibility index (Phi) is 2.99. The first-order valence-electron chi connectivity index (χ1n) is 5.87. The van der Waals surface area contributed by atoms with Crippen LogP contribution in [0.5, 0.6) is 0 Å². The molecule has 0 radical (unpaired) electrons. The molecule has 1 aromatic rings. The predicted molar refractivity (Wildman–Crippen MR) is 64.8 cm³/mol. The molecule has 4 nitrogen and oxygen atoms in total. The average molecular weight is 221 g/mol. The molecule has 1 saturated heterocycles. The van der Waals surface area contributed by atoms with Crippen molar-refractivity contribution in [3.63, 3.8) is 0 Å². The van der Waals surface area contributed by atoms with E-state index in [1.807, 2.05) is 13.0 Å². The zero-order chi connectivity index (χ0) is 11.7. The minimum atomic E-state index is -0.159. The van der Waals surface area contributed by atoms with Crippen molar-refractivity contribution < 1.29 is 0 Å². The van der Waals surface area contributed by atoms with Crippen LogP contribution in [0, 0.1) is 12.8 Å². The Labute approximate surface area is 95.9 Å². The molecule has 1 aromatic heterocycles. The van der Waals surface area contributed by atoms with Gasteiger partial charge in [0, 0.05) is 31.9 Å². The van der Waals surface area contributed by atoms with Gasteiger partial charge < -0.3 is 4.90 Å². The van der Waals surface area contributed by atoms with E-state index in [0.717, 1.165) is 30.5 Å². The number of aryl methyl sites for hydroxylation is 1. The van der Waals surface area contributed by atoms with Gasteiger partial charge in [0.1, 0.15) is 5.82 Å². The zero-order valence-electron chi connectivity index (χ0n) is 10.2. The van der Waals surface area contributed by atoms with Gasteiger partial charge in [-0.05, 0) is 25.7 Å². The van der Waals surface area contributed by atoms with E-state index in [9.17, 15) is 4.79 Å². The van der Waals surface area contributed by atoms with Gasteiger partial charge in [-0.2, -0.15) is 4.98 Å². The zero-order valence-corrected chi connectivity index (χ0v) is 10.2. The maximum Gasteiger partial charge on any atom is 0.349 e. The van der Waals surface area contributed by atoms with E-state index in [1.165, 1.54) is 12.8 Å². The van der Waals surface area contributed by atoms with Gasteiger partial charge in [-0.15, -0.1) is 0 Å². The van der Waals surface area contributed by atoms with Crippen molar-refractivity contribution in [2.75, 3.05) is 18.0 Å². The van der Waals surface area contributed by atoms with Gasteiger partial charge in [0.15, 0.2) is 0 Å². The van der Waals surface area contributed by atoms with E-state index in [0.29, 0.717) is 0 Å². The Morgan fingerprint density at radius 3 is 2.62 bits per heavy atom. The molecule has 0 unspecified atom stereocenters. The molecule has 0 saturated carbocycles. The van der Waals surface area contributed by atoms with Gasteiger partial charge in [-0.25, -0.2) is 4.79 Å². The molecule has 2 rings (SSSR count). The van der Waals surface area contributed by atoms with Crippen LogP contribution in [0.1, 0.15) is 25.5 Å². The minimum absolute atomic E-state index is 0.159. The van der Waals surface area contributed by atoms with Crippen molar-refractivity contribution in [3.05, 3.63) is 22.2 Å². The van der Waals surface area contributed by atoms with Crippen molar-refractivity contribution in [1.82, 2.24) is 9.55 Å². The van der Waals surface area contributed by atoms with Gasteiger partial charge >= 0.3 is 5.69 Å². The lowest BCUT2D eigenvalue weighted by molar-refractivity contribution is 0.433. The maximum absolute atomic E-state index is 11.6. The molecule has 0 spiro atoms. The molecular formula is C12H19N3O. The van der Waals surface area contributed by atoms with Crippen molar-refractivity contribution in [1.29, 1.82) is 0 Å². The third-order valence-corrected chi connectivity index (χ3v) is 3.35. The Morgan fingerprint density at radius 1 is 1.38 bits per heavy atom. The SMILES string of the molecule is Cc1cc(N2CCC(C)CC2)n(C)c(=O)n1. The van der Waals surface area contributed by atoms with Crippen molar-refractivity contribution >= 4 is 5.82 Å². The van der Waals surface area contributed by atoms with E-state index in [1.54, 1.807) is 11.6 Å². The number of hydrogen-bond donors (Lipinski definition) is 0. The predicted octanol–water partition coefficient (Wildman–Crippen LogP) is 1.33. The Hall–Kier alpha value is -1.32. The van der Waals surface area contributed by atoms with Gasteiger partial charge in [-0.3, -0.25) is 4.57 Å². The van der Waals surface area contributed by atoms with E-state index in [2.05, 4.69) is 16.8 Å². The highest BCUT2D eigenvalue weighted by Crippen LogP contribution is 2.21. The van der Waals surface area contributed by atoms with E-state index >= 15 is 0 Å². The quantitative estimate of drug-likeness (QED) is 0.718. The molecule has 0 N–H and O–H groups in total. The molecule has 1 aliphatic heterocycles. The van der Waals surface area contributed by atoms with Crippen molar-refractivity contribution in [3.8, 4) is 0 Å². The second kappa shape index (κ2) is 4.28. The van der Waals surface area contributed by atoms with Crippen molar-refractivity contribution in [2.24, 2.45) is 13.0 Å². The topological polar surface area (TPSA) is 38.1 Å². The van der Waals surface area contributed by atoms with Gasteiger partial charge in [0.25, 0.3) is 0 Å². The largest absolute Gasteiger partial charge is 0.358 e. The minimum Gasteiger partial charge on any atom is -0.358 e. The van der Waals surface area contributed by atoms with Crippen LogP contribution in [0.15, 0.2) is 10.9 Å². The third kappa shape index (κ3) is 2.10. The van der Waals surface area contributed by atoms with Gasteiger partial charge in [0.05, 0.1) is 0 Å². The van der Waals surface area contributed by atoms with Crippen LogP contribution in [0.4, 0.5) is 5.82 Å². The summed E-state index contributed by atoms with van der Waals surface area (Å²) in [5.74, 6) is 1.81. The van der Waals surface area contributed by atoms with Crippen LogP contribution in [-0.4, -0.2) is 22.6 Å². The van der Waals surface area contributed by atoms with Crippen molar-refractivity contribution in [2.45, 2.75) is 26.7 Å². The summed E-state index contributed by atoms with van der Waals surface area (Å²) in [6.07, 6.45) is 2.41. The standard InChI is InChI=1S/C12H19N3O/c1-9-4-6-15(7-5-9)11-8-10(2)13-12(16)14(11)3/h8-9H,4-7H2,1-3H3. The van der Waals surface area contributed by atoms with E-state index in [4.69, 9.17) is 0 Å². The summed E-state index contributed by atoms with van der Waals surface area (Å²) in [6.45, 7) is 6.24. The number of nitrogens with zero attached hydrogens (tertiary/aromatic N) is 3. The Balaban J connectivity index is 2.30. The first-order chi connectivity index (χ1) is 7.58. The number of anilines is 1. The van der Waals surface area contributed by atoms with E-state index < -0.39 is 0 Å². The van der Waals surface area contributed by atoms with E-state index in [-0.39, 0.29) is 5.69 Å². The molecule has 4 heteroatoms. The Morgan fingerprint density at radius 2 is 2.00 bits per heavy atom. The highest BCUT2D eigenvalue weighted by atomic mass is 16.1. The molecule has 2 heterocycles. The third-order valence-electron chi connectivity index (χ3n) is 3.35. The van der Waals surface area contributed by atoms with Crippen LogP contribution in [0.3, 0.4) is 0 Å². The normalized spacial score (nSPS) is 17.8. The summed E-state index contributed by atoms with van der Waals surface area (Å²) in [5, 5.41) is 0. The van der Waals surface area contributed by atoms with Crippen LogP contribution in [-0.2, 0) is 7.05 Å². The average Bonchev–Trinajstić information content (AvgIpc) is 2.25.